The third-order valence-corrected chi connectivity index (χ3v) is 4.05. The Bertz CT molecular complexity index is 898. The number of benzene rings is 2. The van der Waals surface area contributed by atoms with E-state index in [-0.39, 0.29) is 5.91 Å². The second-order valence-corrected chi connectivity index (χ2v) is 5.85. The number of nitrogens with one attached hydrogen (secondary N) is 1. The molecule has 0 unspecified atom stereocenters. The minimum atomic E-state index is -0.214. The Kier molecular flexibility index (Phi) is 4.93. The number of hydrogen-bond acceptors (Lipinski definition) is 4. The number of furan rings is 1. The van der Waals surface area contributed by atoms with Gasteiger partial charge < -0.3 is 19.2 Å². The summed E-state index contributed by atoms with van der Waals surface area (Å²) in [5, 5.41) is 3.81. The van der Waals surface area contributed by atoms with E-state index in [9.17, 15) is 4.79 Å². The van der Waals surface area contributed by atoms with Crippen LogP contribution < -0.4 is 14.8 Å². The molecule has 1 N–H and O–H groups in total. The first kappa shape index (κ1) is 16.9. The molecule has 0 aliphatic heterocycles. The van der Waals surface area contributed by atoms with Crippen LogP contribution in [0.25, 0.3) is 11.0 Å². The van der Waals surface area contributed by atoms with Crippen molar-refractivity contribution in [1.29, 1.82) is 0 Å². The molecule has 130 valence electrons. The van der Waals surface area contributed by atoms with Gasteiger partial charge in [-0.3, -0.25) is 4.79 Å². The highest BCUT2D eigenvalue weighted by Gasteiger charge is 2.12. The fourth-order valence-electron chi connectivity index (χ4n) is 2.69. The summed E-state index contributed by atoms with van der Waals surface area (Å²) < 4.78 is 16.1. The molecule has 5 heteroatoms. The summed E-state index contributed by atoms with van der Waals surface area (Å²) >= 11 is 0. The van der Waals surface area contributed by atoms with Crippen LogP contribution in [0.5, 0.6) is 11.5 Å². The Hall–Kier alpha value is -2.95. The van der Waals surface area contributed by atoms with Gasteiger partial charge in [-0.05, 0) is 48.7 Å². The minimum absolute atomic E-state index is 0.214. The molecule has 0 saturated heterocycles. The maximum absolute atomic E-state index is 12.3. The molecule has 0 atom stereocenters. The molecule has 25 heavy (non-hydrogen) atoms. The number of fused-ring (bicyclic) bond motifs is 1. The highest BCUT2D eigenvalue weighted by molar-refractivity contribution is 5.96. The van der Waals surface area contributed by atoms with Crippen molar-refractivity contribution in [3.63, 3.8) is 0 Å². The van der Waals surface area contributed by atoms with Gasteiger partial charge in [-0.2, -0.15) is 0 Å². The fourth-order valence-corrected chi connectivity index (χ4v) is 2.69. The maximum atomic E-state index is 12.3. The molecule has 3 aromatic rings. The van der Waals surface area contributed by atoms with E-state index in [4.69, 9.17) is 13.9 Å². The summed E-state index contributed by atoms with van der Waals surface area (Å²) in [5.74, 6) is 1.48. The third-order valence-electron chi connectivity index (χ3n) is 4.05. The Morgan fingerprint density at radius 2 is 1.84 bits per heavy atom. The number of ether oxygens (including phenoxy) is 2. The first-order valence-electron chi connectivity index (χ1n) is 8.10. The van der Waals surface area contributed by atoms with Gasteiger partial charge in [-0.25, -0.2) is 0 Å². The molecule has 0 aliphatic rings. The summed E-state index contributed by atoms with van der Waals surface area (Å²) in [6.45, 7) is 2.50. The highest BCUT2D eigenvalue weighted by Crippen LogP contribution is 2.27. The Morgan fingerprint density at radius 1 is 1.04 bits per heavy atom. The fraction of sp³-hybridized carbons (Fsp3) is 0.250. The Labute approximate surface area is 146 Å². The predicted octanol–water partition coefficient (Wildman–Crippen LogP) is 3.73. The zero-order chi connectivity index (χ0) is 17.8. The van der Waals surface area contributed by atoms with Gasteiger partial charge in [0.05, 0.1) is 14.2 Å². The summed E-state index contributed by atoms with van der Waals surface area (Å²) in [4.78, 5) is 12.3. The lowest BCUT2D eigenvalue weighted by Gasteiger charge is -2.09. The van der Waals surface area contributed by atoms with Crippen molar-refractivity contribution in [1.82, 2.24) is 5.32 Å². The molecule has 5 nitrogen and oxygen atoms in total. The molecule has 0 spiro atoms. The van der Waals surface area contributed by atoms with E-state index in [1.807, 2.05) is 43.3 Å². The Balaban J connectivity index is 1.62. The molecule has 0 radical (unpaired) electrons. The molecule has 0 fully saturated rings. The van der Waals surface area contributed by atoms with E-state index in [1.54, 1.807) is 20.3 Å². The number of carbonyl (C=O) groups excluding carboxylic acids is 1. The Morgan fingerprint density at radius 3 is 2.60 bits per heavy atom. The predicted molar refractivity (Wildman–Crippen MR) is 96.5 cm³/mol. The number of amides is 1. The normalized spacial score (nSPS) is 10.7. The van der Waals surface area contributed by atoms with Crippen LogP contribution in [0.2, 0.25) is 0 Å². The summed E-state index contributed by atoms with van der Waals surface area (Å²) in [6, 6.07) is 13.4. The second kappa shape index (κ2) is 7.30. The van der Waals surface area contributed by atoms with Crippen LogP contribution >= 0.6 is 0 Å². The van der Waals surface area contributed by atoms with Gasteiger partial charge in [0, 0.05) is 11.9 Å². The van der Waals surface area contributed by atoms with Crippen molar-refractivity contribution in [3.05, 3.63) is 59.4 Å². The zero-order valence-electron chi connectivity index (χ0n) is 14.6. The van der Waals surface area contributed by atoms with E-state index >= 15 is 0 Å². The first-order chi connectivity index (χ1) is 12.1. The smallest absolute Gasteiger partial charge is 0.287 e. The van der Waals surface area contributed by atoms with Crippen molar-refractivity contribution >= 4 is 16.9 Å². The van der Waals surface area contributed by atoms with Gasteiger partial charge in [0.1, 0.15) is 5.58 Å². The van der Waals surface area contributed by atoms with Crippen molar-refractivity contribution in [2.24, 2.45) is 0 Å². The van der Waals surface area contributed by atoms with Crippen LogP contribution in [-0.4, -0.2) is 26.7 Å². The lowest BCUT2D eigenvalue weighted by Crippen LogP contribution is -2.25. The van der Waals surface area contributed by atoms with Crippen molar-refractivity contribution in [2.75, 3.05) is 20.8 Å². The highest BCUT2D eigenvalue weighted by atomic mass is 16.5. The monoisotopic (exact) mass is 339 g/mol. The van der Waals surface area contributed by atoms with Crippen LogP contribution in [0.3, 0.4) is 0 Å². The molecular formula is C20H21NO4. The van der Waals surface area contributed by atoms with Gasteiger partial charge in [0.15, 0.2) is 17.3 Å². The van der Waals surface area contributed by atoms with E-state index in [0.29, 0.717) is 30.2 Å². The standard InChI is InChI=1S/C20H21NO4/c1-13-4-6-15-12-19(25-17(15)10-13)20(22)21-9-8-14-5-7-16(23-2)18(11-14)24-3/h4-7,10-12H,8-9H2,1-3H3,(H,21,22). The molecule has 1 heterocycles. The first-order valence-corrected chi connectivity index (χ1v) is 8.10. The van der Waals surface area contributed by atoms with Crippen LogP contribution in [0.1, 0.15) is 21.7 Å². The topological polar surface area (TPSA) is 60.7 Å². The van der Waals surface area contributed by atoms with Gasteiger partial charge in [0.25, 0.3) is 5.91 Å². The van der Waals surface area contributed by atoms with Crippen LogP contribution in [0.15, 0.2) is 46.9 Å². The molecule has 3 rings (SSSR count). The van der Waals surface area contributed by atoms with Crippen LogP contribution in [0, 0.1) is 6.92 Å². The average molecular weight is 339 g/mol. The minimum Gasteiger partial charge on any atom is -0.493 e. The van der Waals surface area contributed by atoms with Crippen molar-refractivity contribution in [3.8, 4) is 11.5 Å². The summed E-state index contributed by atoms with van der Waals surface area (Å²) in [5.41, 5.74) is 2.88. The molecular weight excluding hydrogens is 318 g/mol. The van der Waals surface area contributed by atoms with Gasteiger partial charge in [-0.1, -0.05) is 18.2 Å². The quantitative estimate of drug-likeness (QED) is 0.743. The average Bonchev–Trinajstić information content (AvgIpc) is 3.04. The number of hydrogen-bond donors (Lipinski definition) is 1. The van der Waals surface area contributed by atoms with Gasteiger partial charge in [0.2, 0.25) is 0 Å². The molecule has 1 amide bonds. The second-order valence-electron chi connectivity index (χ2n) is 5.85. The number of carbonyl (C=O) groups is 1. The number of aryl methyl sites for hydroxylation is 1. The number of rotatable bonds is 6. The molecule has 2 aromatic carbocycles. The molecule has 0 aliphatic carbocycles. The van der Waals surface area contributed by atoms with E-state index in [1.165, 1.54) is 0 Å². The van der Waals surface area contributed by atoms with E-state index in [0.717, 1.165) is 22.1 Å². The van der Waals surface area contributed by atoms with Crippen molar-refractivity contribution in [2.45, 2.75) is 13.3 Å². The van der Waals surface area contributed by atoms with Crippen LogP contribution in [0.4, 0.5) is 0 Å². The summed E-state index contributed by atoms with van der Waals surface area (Å²) in [6.07, 6.45) is 0.686. The van der Waals surface area contributed by atoms with Gasteiger partial charge in [-0.15, -0.1) is 0 Å². The summed E-state index contributed by atoms with van der Waals surface area (Å²) in [7, 11) is 3.21. The molecule has 1 aromatic heterocycles. The van der Waals surface area contributed by atoms with E-state index in [2.05, 4.69) is 5.32 Å². The van der Waals surface area contributed by atoms with Gasteiger partial charge >= 0.3 is 0 Å². The largest absolute Gasteiger partial charge is 0.493 e. The SMILES string of the molecule is COc1ccc(CCNC(=O)c2cc3ccc(C)cc3o2)cc1OC. The molecule has 0 bridgehead atoms. The molecule has 0 saturated carbocycles. The lowest BCUT2D eigenvalue weighted by atomic mass is 10.1. The maximum Gasteiger partial charge on any atom is 0.287 e. The van der Waals surface area contributed by atoms with Crippen molar-refractivity contribution < 1.29 is 18.7 Å². The third kappa shape index (κ3) is 3.76. The van der Waals surface area contributed by atoms with E-state index < -0.39 is 0 Å². The van der Waals surface area contributed by atoms with Crippen LogP contribution in [-0.2, 0) is 6.42 Å². The number of methoxy groups -OCH3 is 2. The lowest BCUT2D eigenvalue weighted by molar-refractivity contribution is 0.0928. The zero-order valence-corrected chi connectivity index (χ0v) is 14.6.